The second-order valence-corrected chi connectivity index (χ2v) is 7.63. The van der Waals surface area contributed by atoms with Gasteiger partial charge < -0.3 is 5.73 Å². The first kappa shape index (κ1) is 20.4. The number of halogens is 1. The predicted octanol–water partition coefficient (Wildman–Crippen LogP) is 3.16. The summed E-state index contributed by atoms with van der Waals surface area (Å²) in [5.74, 6) is -1.38. The molecule has 10 heteroatoms. The van der Waals surface area contributed by atoms with Crippen molar-refractivity contribution in [3.63, 3.8) is 0 Å². The fourth-order valence-corrected chi connectivity index (χ4v) is 4.32. The molecule has 146 valence electrons. The fourth-order valence-electron chi connectivity index (χ4n) is 2.89. The Morgan fingerprint density at radius 1 is 1.28 bits per heavy atom. The van der Waals surface area contributed by atoms with Crippen LogP contribution in [0.1, 0.15) is 5.56 Å². The highest BCUT2D eigenvalue weighted by Gasteiger charge is 2.41. The number of hydrogen-bond donors (Lipinski definition) is 1. The lowest BCUT2D eigenvalue weighted by Crippen LogP contribution is -2.31. The van der Waals surface area contributed by atoms with E-state index < -0.39 is 22.0 Å². The first-order chi connectivity index (χ1) is 13.8. The number of nitrogens with zero attached hydrogens (tertiary/aromatic N) is 3. The lowest BCUT2D eigenvalue weighted by atomic mass is 10.1. The summed E-state index contributed by atoms with van der Waals surface area (Å²) < 4.78 is 0. The molecule has 1 heterocycles. The highest BCUT2D eigenvalue weighted by Crippen LogP contribution is 2.42. The normalized spacial score (nSPS) is 17.7. The van der Waals surface area contributed by atoms with Gasteiger partial charge in [0.2, 0.25) is 5.91 Å². The van der Waals surface area contributed by atoms with Crippen LogP contribution in [0.2, 0.25) is 5.02 Å². The van der Waals surface area contributed by atoms with Crippen LogP contribution in [0.15, 0.2) is 59.1 Å². The van der Waals surface area contributed by atoms with Crippen LogP contribution in [-0.2, 0) is 16.0 Å². The van der Waals surface area contributed by atoms with Gasteiger partial charge in [0.05, 0.1) is 10.2 Å². The smallest absolute Gasteiger partial charge is 0.272 e. The van der Waals surface area contributed by atoms with E-state index in [4.69, 9.17) is 17.3 Å². The summed E-state index contributed by atoms with van der Waals surface area (Å²) >= 11 is 6.88. The maximum absolute atomic E-state index is 13.1. The van der Waals surface area contributed by atoms with Crippen molar-refractivity contribution >= 4 is 46.6 Å². The number of nitrogens with two attached hydrogens (primary N) is 1. The highest BCUT2D eigenvalue weighted by atomic mass is 35.5. The van der Waals surface area contributed by atoms with Crippen molar-refractivity contribution in [2.75, 3.05) is 4.90 Å². The lowest BCUT2D eigenvalue weighted by molar-refractivity contribution is -0.385. The zero-order valence-electron chi connectivity index (χ0n) is 14.7. The number of carbonyl (C=O) groups excluding carboxylic acids is 2. The second-order valence-electron chi connectivity index (χ2n) is 6.00. The number of nitro groups is 1. The minimum absolute atomic E-state index is 0.0473. The molecule has 1 atom stereocenters. The van der Waals surface area contributed by atoms with Crippen molar-refractivity contribution in [3.05, 3.63) is 79.8 Å². The van der Waals surface area contributed by atoms with Gasteiger partial charge >= 0.3 is 0 Å². The third kappa shape index (κ3) is 4.08. The van der Waals surface area contributed by atoms with E-state index in [2.05, 4.69) is 0 Å². The molecule has 0 unspecified atom stereocenters. The zero-order valence-corrected chi connectivity index (χ0v) is 16.3. The van der Waals surface area contributed by atoms with Crippen molar-refractivity contribution in [1.82, 2.24) is 0 Å². The monoisotopic (exact) mass is 428 g/mol. The molecule has 3 rings (SSSR count). The van der Waals surface area contributed by atoms with Gasteiger partial charge in [-0.3, -0.25) is 24.6 Å². The number of para-hydroxylation sites is 1. The Labute approximate surface area is 174 Å². The molecule has 0 bridgehead atoms. The fraction of sp³-hybridized carbons (Fsp3) is 0.105. The van der Waals surface area contributed by atoms with Gasteiger partial charge in [0.1, 0.15) is 16.7 Å². The summed E-state index contributed by atoms with van der Waals surface area (Å²) in [6, 6.07) is 14.1. The third-order valence-corrected chi connectivity index (χ3v) is 5.72. The van der Waals surface area contributed by atoms with Gasteiger partial charge in [0, 0.05) is 28.8 Å². The Morgan fingerprint density at radius 3 is 2.52 bits per heavy atom. The molecule has 1 saturated heterocycles. The number of nitro benzene ring substituents is 1. The molecule has 8 nitrogen and oxygen atoms in total. The minimum Gasteiger partial charge on any atom is -0.365 e. The van der Waals surface area contributed by atoms with Crippen molar-refractivity contribution in [2.24, 2.45) is 5.73 Å². The molecule has 0 spiro atoms. The molecule has 0 saturated carbocycles. The molecule has 1 fully saturated rings. The number of benzene rings is 2. The Hall–Kier alpha value is -3.35. The number of thioether (sulfide) groups is 1. The molecule has 2 aromatic carbocycles. The maximum atomic E-state index is 13.1. The quantitative estimate of drug-likeness (QED) is 0.337. The van der Waals surface area contributed by atoms with E-state index in [1.807, 2.05) is 0 Å². The molecular weight excluding hydrogens is 416 g/mol. The van der Waals surface area contributed by atoms with Crippen LogP contribution < -0.4 is 10.6 Å². The van der Waals surface area contributed by atoms with E-state index in [-0.39, 0.29) is 22.7 Å². The zero-order chi connectivity index (χ0) is 21.1. The van der Waals surface area contributed by atoms with Crippen LogP contribution in [0, 0.1) is 21.4 Å². The number of rotatable bonds is 5. The van der Waals surface area contributed by atoms with Gasteiger partial charge in [-0.15, -0.1) is 0 Å². The van der Waals surface area contributed by atoms with Gasteiger partial charge in [0.25, 0.3) is 11.6 Å². The Balaban J connectivity index is 2.06. The Morgan fingerprint density at radius 2 is 1.93 bits per heavy atom. The van der Waals surface area contributed by atoms with Gasteiger partial charge in [0.15, 0.2) is 0 Å². The number of anilines is 1. The van der Waals surface area contributed by atoms with Gasteiger partial charge in [-0.1, -0.05) is 41.6 Å². The predicted molar refractivity (Wildman–Crippen MR) is 109 cm³/mol. The van der Waals surface area contributed by atoms with Crippen molar-refractivity contribution in [1.29, 1.82) is 5.26 Å². The molecule has 0 aromatic heterocycles. The van der Waals surface area contributed by atoms with E-state index in [9.17, 15) is 25.0 Å². The molecule has 0 radical (unpaired) electrons. The van der Waals surface area contributed by atoms with Crippen LogP contribution in [0.25, 0.3) is 0 Å². The molecule has 2 N–H and O–H groups in total. The number of hydrogen-bond acceptors (Lipinski definition) is 6. The molecule has 2 amide bonds. The first-order valence-corrected chi connectivity index (χ1v) is 9.52. The molecule has 2 aromatic rings. The van der Waals surface area contributed by atoms with Crippen molar-refractivity contribution in [3.8, 4) is 6.07 Å². The summed E-state index contributed by atoms with van der Waals surface area (Å²) in [5, 5.41) is 20.4. The van der Waals surface area contributed by atoms with E-state index in [1.54, 1.807) is 42.5 Å². The van der Waals surface area contributed by atoms with Crippen LogP contribution in [0.3, 0.4) is 0 Å². The van der Waals surface area contributed by atoms with Crippen LogP contribution in [0.4, 0.5) is 11.4 Å². The maximum Gasteiger partial charge on any atom is 0.272 e. The van der Waals surface area contributed by atoms with Crippen molar-refractivity contribution < 1.29 is 14.5 Å². The molecule has 29 heavy (non-hydrogen) atoms. The van der Waals surface area contributed by atoms with Crippen LogP contribution in [-0.4, -0.2) is 22.0 Å². The van der Waals surface area contributed by atoms with E-state index in [1.165, 1.54) is 17.0 Å². The van der Waals surface area contributed by atoms with E-state index in [0.29, 0.717) is 16.3 Å². The summed E-state index contributed by atoms with van der Waals surface area (Å²) in [5.41, 5.74) is 5.63. The van der Waals surface area contributed by atoms with Gasteiger partial charge in [-0.25, -0.2) is 0 Å². The third-order valence-electron chi connectivity index (χ3n) is 4.20. The van der Waals surface area contributed by atoms with Crippen LogP contribution >= 0.6 is 23.4 Å². The average molecular weight is 429 g/mol. The van der Waals surface area contributed by atoms with Crippen molar-refractivity contribution in [2.45, 2.75) is 11.7 Å². The van der Waals surface area contributed by atoms with E-state index in [0.717, 1.165) is 11.8 Å². The summed E-state index contributed by atoms with van der Waals surface area (Å²) in [6.45, 7) is 0. The SMILES string of the molecule is N#C/C(C(N)=O)=C1/S[C@@H](Cc2ccccc2[N+](=O)[O-])C(=O)N1c1ccc(Cl)cc1. The second kappa shape index (κ2) is 8.34. The van der Waals surface area contributed by atoms with Gasteiger partial charge in [-0.2, -0.15) is 5.26 Å². The molecule has 1 aliphatic rings. The first-order valence-electron chi connectivity index (χ1n) is 8.26. The standard InChI is InChI=1S/C19H13ClN4O4S/c20-12-5-7-13(8-6-12)23-18(26)16(29-19(23)14(10-21)17(22)25)9-11-3-1-2-4-15(11)24(27)28/h1-8,16H,9H2,(H2,22,25)/b19-14-/t16-/m0/s1. The number of amides is 2. The van der Waals surface area contributed by atoms with E-state index >= 15 is 0 Å². The largest absolute Gasteiger partial charge is 0.365 e. The number of nitriles is 1. The molecule has 1 aliphatic heterocycles. The number of carbonyl (C=O) groups is 2. The molecular formula is C19H13ClN4O4S. The lowest BCUT2D eigenvalue weighted by Gasteiger charge is -2.18. The van der Waals surface area contributed by atoms with Crippen LogP contribution in [0.5, 0.6) is 0 Å². The van der Waals surface area contributed by atoms with Gasteiger partial charge in [-0.05, 0) is 24.3 Å². The topological polar surface area (TPSA) is 130 Å². The average Bonchev–Trinajstić information content (AvgIpc) is 2.99. The Bertz CT molecular complexity index is 1080. The highest BCUT2D eigenvalue weighted by molar-refractivity contribution is 8.05. The number of primary amides is 1. The summed E-state index contributed by atoms with van der Waals surface area (Å²) in [6.07, 6.45) is 0.0473. The Kier molecular flexibility index (Phi) is 5.87. The molecule has 0 aliphatic carbocycles. The summed E-state index contributed by atoms with van der Waals surface area (Å²) in [7, 11) is 0. The minimum atomic E-state index is -0.965. The summed E-state index contributed by atoms with van der Waals surface area (Å²) in [4.78, 5) is 36.9.